The average molecular weight is 306 g/mol. The summed E-state index contributed by atoms with van der Waals surface area (Å²) in [7, 11) is 0. The second-order valence-electron chi connectivity index (χ2n) is 5.13. The van der Waals surface area contributed by atoms with E-state index in [-0.39, 0.29) is 37.5 Å². The minimum atomic E-state index is -0.315. The second-order valence-corrected chi connectivity index (χ2v) is 5.13. The van der Waals surface area contributed by atoms with Crippen molar-refractivity contribution in [3.05, 3.63) is 23.8 Å². The van der Waals surface area contributed by atoms with Crippen molar-refractivity contribution in [2.45, 2.75) is 32.7 Å². The molecular weight excluding hydrogens is 284 g/mol. The average Bonchev–Trinajstić information content (AvgIpc) is 2.53. The Hall–Kier alpha value is -2.08. The maximum absolute atomic E-state index is 12.1. The fraction of sp³-hybridized carbons (Fsp3) is 0.500. The largest absolute Gasteiger partial charge is 0.482 e. The van der Waals surface area contributed by atoms with Crippen LogP contribution >= 0.6 is 0 Å². The molecular formula is C16H22N2O4. The van der Waals surface area contributed by atoms with Crippen molar-refractivity contribution < 1.29 is 19.1 Å². The summed E-state index contributed by atoms with van der Waals surface area (Å²) in [4.78, 5) is 25.2. The van der Waals surface area contributed by atoms with Gasteiger partial charge in [-0.25, -0.2) is 0 Å². The molecule has 1 amide bonds. The molecule has 1 aromatic carbocycles. The summed E-state index contributed by atoms with van der Waals surface area (Å²) in [5, 5.41) is 0. The van der Waals surface area contributed by atoms with Crippen LogP contribution in [0.2, 0.25) is 0 Å². The van der Waals surface area contributed by atoms with E-state index in [0.29, 0.717) is 18.0 Å². The molecule has 0 fully saturated rings. The van der Waals surface area contributed by atoms with Gasteiger partial charge in [-0.3, -0.25) is 9.59 Å². The maximum atomic E-state index is 12.1. The number of esters is 1. The highest BCUT2D eigenvalue weighted by Crippen LogP contribution is 2.34. The van der Waals surface area contributed by atoms with Crippen molar-refractivity contribution in [2.24, 2.45) is 5.73 Å². The van der Waals surface area contributed by atoms with Crippen molar-refractivity contribution >= 4 is 17.6 Å². The maximum Gasteiger partial charge on any atom is 0.307 e. The number of ether oxygens (including phenoxy) is 2. The normalized spacial score (nSPS) is 15.0. The third kappa shape index (κ3) is 3.57. The summed E-state index contributed by atoms with van der Waals surface area (Å²) in [6, 6.07) is 5.51. The molecule has 1 unspecified atom stereocenters. The van der Waals surface area contributed by atoms with E-state index in [1.54, 1.807) is 11.8 Å². The van der Waals surface area contributed by atoms with Crippen LogP contribution in [0.4, 0.5) is 5.69 Å². The van der Waals surface area contributed by atoms with Crippen LogP contribution in [0.1, 0.15) is 38.3 Å². The molecule has 0 radical (unpaired) electrons. The number of hydrogen-bond acceptors (Lipinski definition) is 5. The lowest BCUT2D eigenvalue weighted by Gasteiger charge is -2.30. The zero-order valence-electron chi connectivity index (χ0n) is 13.0. The van der Waals surface area contributed by atoms with Crippen molar-refractivity contribution in [3.63, 3.8) is 0 Å². The molecule has 1 atom stereocenters. The summed E-state index contributed by atoms with van der Waals surface area (Å²) in [6.45, 7) is 4.35. The molecule has 0 aromatic heterocycles. The fourth-order valence-electron chi connectivity index (χ4n) is 2.37. The van der Waals surface area contributed by atoms with Crippen molar-refractivity contribution in [3.8, 4) is 5.75 Å². The Morgan fingerprint density at radius 3 is 2.91 bits per heavy atom. The molecule has 2 N–H and O–H groups in total. The minimum Gasteiger partial charge on any atom is -0.482 e. The molecule has 1 aliphatic heterocycles. The van der Waals surface area contributed by atoms with Gasteiger partial charge in [0.05, 0.1) is 18.7 Å². The highest BCUT2D eigenvalue weighted by atomic mass is 16.5. The van der Waals surface area contributed by atoms with Crippen molar-refractivity contribution in [1.82, 2.24) is 0 Å². The fourth-order valence-corrected chi connectivity index (χ4v) is 2.37. The first-order valence-electron chi connectivity index (χ1n) is 7.55. The SMILES string of the molecule is CCOC(=O)CCN1C(=O)COc2ccc(C(N)CC)cc21. The van der Waals surface area contributed by atoms with Gasteiger partial charge >= 0.3 is 5.97 Å². The van der Waals surface area contributed by atoms with Gasteiger partial charge in [0.1, 0.15) is 5.75 Å². The van der Waals surface area contributed by atoms with Gasteiger partial charge in [-0.15, -0.1) is 0 Å². The second kappa shape index (κ2) is 7.26. The quantitative estimate of drug-likeness (QED) is 0.810. The standard InChI is InChI=1S/C16H22N2O4/c1-3-12(17)11-5-6-14-13(9-11)18(15(19)10-22-14)8-7-16(20)21-4-2/h5-6,9,12H,3-4,7-8,10,17H2,1-2H3. The summed E-state index contributed by atoms with van der Waals surface area (Å²) in [5.74, 6) is 0.152. The number of benzene rings is 1. The van der Waals surface area contributed by atoms with E-state index >= 15 is 0 Å². The number of rotatable bonds is 6. The van der Waals surface area contributed by atoms with Crippen LogP contribution in [0, 0.1) is 0 Å². The smallest absolute Gasteiger partial charge is 0.307 e. The van der Waals surface area contributed by atoms with Crippen molar-refractivity contribution in [2.75, 3.05) is 24.7 Å². The number of hydrogen-bond donors (Lipinski definition) is 1. The molecule has 0 spiro atoms. The molecule has 6 heteroatoms. The molecule has 1 aliphatic rings. The van der Waals surface area contributed by atoms with Crippen LogP contribution in [0.25, 0.3) is 0 Å². The lowest BCUT2D eigenvalue weighted by molar-refractivity contribution is -0.142. The van der Waals surface area contributed by atoms with Crippen LogP contribution in [0.3, 0.4) is 0 Å². The Balaban J connectivity index is 2.21. The number of fused-ring (bicyclic) bond motifs is 1. The molecule has 0 bridgehead atoms. The molecule has 1 heterocycles. The van der Waals surface area contributed by atoms with Crippen LogP contribution in [-0.2, 0) is 14.3 Å². The predicted octanol–water partition coefficient (Wildman–Crippen LogP) is 1.77. The van der Waals surface area contributed by atoms with Gasteiger partial charge < -0.3 is 20.1 Å². The number of carbonyl (C=O) groups is 2. The van der Waals surface area contributed by atoms with E-state index in [1.807, 2.05) is 25.1 Å². The number of nitrogens with zero attached hydrogens (tertiary/aromatic N) is 1. The van der Waals surface area contributed by atoms with E-state index < -0.39 is 0 Å². The first kappa shape index (κ1) is 16.3. The number of nitrogens with two attached hydrogens (primary N) is 1. The van der Waals surface area contributed by atoms with Crippen molar-refractivity contribution in [1.29, 1.82) is 0 Å². The summed E-state index contributed by atoms with van der Waals surface area (Å²) in [5.41, 5.74) is 7.66. The van der Waals surface area contributed by atoms with Crippen LogP contribution in [0.5, 0.6) is 5.75 Å². The van der Waals surface area contributed by atoms with E-state index in [2.05, 4.69) is 0 Å². The highest BCUT2D eigenvalue weighted by Gasteiger charge is 2.26. The Labute approximate surface area is 130 Å². The Bertz CT molecular complexity index is 559. The monoisotopic (exact) mass is 306 g/mol. The number of amides is 1. The molecule has 22 heavy (non-hydrogen) atoms. The zero-order chi connectivity index (χ0) is 16.1. The van der Waals surface area contributed by atoms with Gasteiger partial charge in [0, 0.05) is 12.6 Å². The first-order chi connectivity index (χ1) is 10.6. The Morgan fingerprint density at radius 1 is 1.45 bits per heavy atom. The van der Waals surface area contributed by atoms with E-state index in [9.17, 15) is 9.59 Å². The summed E-state index contributed by atoms with van der Waals surface area (Å²) >= 11 is 0. The third-order valence-electron chi connectivity index (χ3n) is 3.64. The lowest BCUT2D eigenvalue weighted by atomic mass is 10.0. The van der Waals surface area contributed by atoms with Crippen LogP contribution in [0.15, 0.2) is 18.2 Å². The molecule has 0 saturated heterocycles. The predicted molar refractivity (Wildman–Crippen MR) is 82.8 cm³/mol. The number of anilines is 1. The molecule has 1 aromatic rings. The molecule has 2 rings (SSSR count). The van der Waals surface area contributed by atoms with Gasteiger partial charge in [-0.2, -0.15) is 0 Å². The zero-order valence-corrected chi connectivity index (χ0v) is 13.0. The van der Waals surface area contributed by atoms with Gasteiger partial charge in [0.15, 0.2) is 6.61 Å². The number of carbonyl (C=O) groups excluding carboxylic acids is 2. The van der Waals surface area contributed by atoms with Gasteiger partial charge in [0.25, 0.3) is 5.91 Å². The van der Waals surface area contributed by atoms with E-state index in [0.717, 1.165) is 12.0 Å². The highest BCUT2D eigenvalue weighted by molar-refractivity contribution is 5.98. The van der Waals surface area contributed by atoms with Gasteiger partial charge in [-0.1, -0.05) is 13.0 Å². The van der Waals surface area contributed by atoms with E-state index in [4.69, 9.17) is 15.2 Å². The van der Waals surface area contributed by atoms with Gasteiger partial charge in [0.2, 0.25) is 0 Å². The molecule has 0 saturated carbocycles. The van der Waals surface area contributed by atoms with Gasteiger partial charge in [-0.05, 0) is 31.0 Å². The molecule has 6 nitrogen and oxygen atoms in total. The molecule has 120 valence electrons. The minimum absolute atomic E-state index is 0.0188. The summed E-state index contributed by atoms with van der Waals surface area (Å²) in [6.07, 6.45) is 0.958. The summed E-state index contributed by atoms with van der Waals surface area (Å²) < 4.78 is 10.3. The first-order valence-corrected chi connectivity index (χ1v) is 7.55. The Morgan fingerprint density at radius 2 is 2.23 bits per heavy atom. The van der Waals surface area contributed by atoms with E-state index in [1.165, 1.54) is 0 Å². The lowest BCUT2D eigenvalue weighted by Crippen LogP contribution is -2.40. The third-order valence-corrected chi connectivity index (χ3v) is 3.64. The topological polar surface area (TPSA) is 81.9 Å². The van der Waals surface area contributed by atoms with Crippen LogP contribution in [-0.4, -0.2) is 31.6 Å². The Kier molecular flexibility index (Phi) is 5.38. The van der Waals surface area contributed by atoms with Crippen LogP contribution < -0.4 is 15.4 Å². The molecule has 0 aliphatic carbocycles.